The summed E-state index contributed by atoms with van der Waals surface area (Å²) in [6, 6.07) is 0. The standard InChI is InChI=1S/C7H13NO2.C3H5NO.CH3Cl/c1-5-10-7(9)6(2)8(3)4;1-2-3(4)5;1-2/h2,5H2,1,3-4H3;2H,1H2,(H2,4,5);1H3. The second kappa shape index (κ2) is 14.5. The van der Waals surface area contributed by atoms with Gasteiger partial charge in [-0.3, -0.25) is 4.79 Å². The molecular weight excluding hydrogens is 244 g/mol. The Morgan fingerprint density at radius 2 is 1.76 bits per heavy atom. The molecule has 1 amide bonds. The summed E-state index contributed by atoms with van der Waals surface area (Å²) in [5.74, 6) is -0.836. The van der Waals surface area contributed by atoms with E-state index in [2.05, 4.69) is 35.2 Å². The highest BCUT2D eigenvalue weighted by Gasteiger charge is 2.07. The minimum atomic E-state index is -0.481. The van der Waals surface area contributed by atoms with Crippen molar-refractivity contribution in [2.24, 2.45) is 5.73 Å². The predicted molar refractivity (Wildman–Crippen MR) is 70.6 cm³/mol. The average Bonchev–Trinajstić information content (AvgIpc) is 2.31. The maximum absolute atomic E-state index is 10.8. The molecule has 0 aliphatic heterocycles. The first kappa shape index (κ1) is 20.9. The second-order valence-corrected chi connectivity index (χ2v) is 2.67. The molecule has 0 rings (SSSR count). The highest BCUT2D eigenvalue weighted by molar-refractivity contribution is 6.15. The van der Waals surface area contributed by atoms with Gasteiger partial charge in [0.25, 0.3) is 0 Å². The molecule has 0 saturated carbocycles. The van der Waals surface area contributed by atoms with Crippen molar-refractivity contribution in [2.75, 3.05) is 27.1 Å². The molecule has 100 valence electrons. The number of halogens is 1. The molecule has 0 fully saturated rings. The molecule has 0 radical (unpaired) electrons. The van der Waals surface area contributed by atoms with E-state index in [0.717, 1.165) is 6.08 Å². The molecule has 0 aliphatic rings. The molecule has 0 aliphatic carbocycles. The smallest absolute Gasteiger partial charge is 0.353 e. The van der Waals surface area contributed by atoms with Crippen molar-refractivity contribution in [3.8, 4) is 0 Å². The van der Waals surface area contributed by atoms with E-state index in [1.165, 1.54) is 6.38 Å². The molecule has 0 aromatic heterocycles. The molecule has 17 heavy (non-hydrogen) atoms. The summed E-state index contributed by atoms with van der Waals surface area (Å²) in [6.07, 6.45) is 2.53. The molecule has 0 aromatic rings. The van der Waals surface area contributed by atoms with Gasteiger partial charge in [-0.2, -0.15) is 0 Å². The number of hydrogen-bond acceptors (Lipinski definition) is 4. The van der Waals surface area contributed by atoms with Gasteiger partial charge in [0.05, 0.1) is 6.61 Å². The van der Waals surface area contributed by atoms with E-state index in [0.29, 0.717) is 12.3 Å². The van der Waals surface area contributed by atoms with E-state index in [1.54, 1.807) is 25.9 Å². The molecule has 0 bridgehead atoms. The summed E-state index contributed by atoms with van der Waals surface area (Å²) in [7, 11) is 3.50. The number of rotatable bonds is 4. The summed E-state index contributed by atoms with van der Waals surface area (Å²) in [4.78, 5) is 21.9. The SMILES string of the molecule is C=C(C(=O)OCC)N(C)C.C=CC(N)=O.CCl. The van der Waals surface area contributed by atoms with E-state index >= 15 is 0 Å². The van der Waals surface area contributed by atoms with E-state index in [9.17, 15) is 9.59 Å². The number of primary amides is 1. The number of nitrogens with zero attached hydrogens (tertiary/aromatic N) is 1. The maximum Gasteiger partial charge on any atom is 0.353 e. The zero-order chi connectivity index (χ0) is 14.4. The highest BCUT2D eigenvalue weighted by atomic mass is 35.5. The second-order valence-electron chi connectivity index (χ2n) is 2.67. The van der Waals surface area contributed by atoms with Gasteiger partial charge in [-0.25, -0.2) is 4.79 Å². The number of likely N-dealkylation sites (N-methyl/N-ethyl adjacent to an activating group) is 1. The number of carbonyl (C=O) groups is 2. The van der Waals surface area contributed by atoms with Crippen molar-refractivity contribution in [1.29, 1.82) is 0 Å². The Morgan fingerprint density at radius 1 is 1.41 bits per heavy atom. The Kier molecular flexibility index (Phi) is 17.8. The van der Waals surface area contributed by atoms with Gasteiger partial charge in [0.1, 0.15) is 5.70 Å². The van der Waals surface area contributed by atoms with Crippen LogP contribution in [-0.2, 0) is 14.3 Å². The summed E-state index contributed by atoms with van der Waals surface area (Å²) < 4.78 is 4.68. The Hall–Kier alpha value is -1.49. The van der Waals surface area contributed by atoms with Gasteiger partial charge < -0.3 is 15.4 Å². The predicted octanol–water partition coefficient (Wildman–Crippen LogP) is 1.14. The van der Waals surface area contributed by atoms with Crippen LogP contribution < -0.4 is 5.73 Å². The normalized spacial score (nSPS) is 7.35. The Bertz CT molecular complexity index is 253. The Morgan fingerprint density at radius 3 is 1.94 bits per heavy atom. The summed E-state index contributed by atoms with van der Waals surface area (Å²) >= 11 is 4.64. The third-order valence-corrected chi connectivity index (χ3v) is 1.25. The fraction of sp³-hybridized carbons (Fsp3) is 0.455. The van der Waals surface area contributed by atoms with Crippen LogP contribution in [0, 0.1) is 0 Å². The summed E-state index contributed by atoms with van der Waals surface area (Å²) in [6.45, 7) is 8.77. The monoisotopic (exact) mass is 264 g/mol. The summed E-state index contributed by atoms with van der Waals surface area (Å²) in [5, 5.41) is 0. The first-order valence-corrected chi connectivity index (χ1v) is 5.45. The van der Waals surface area contributed by atoms with Crippen molar-refractivity contribution in [3.63, 3.8) is 0 Å². The van der Waals surface area contributed by atoms with Crippen LogP contribution in [-0.4, -0.2) is 43.9 Å². The third-order valence-electron chi connectivity index (χ3n) is 1.25. The van der Waals surface area contributed by atoms with Crippen LogP contribution >= 0.6 is 11.6 Å². The van der Waals surface area contributed by atoms with Crippen molar-refractivity contribution in [3.05, 3.63) is 24.9 Å². The van der Waals surface area contributed by atoms with E-state index < -0.39 is 5.91 Å². The molecule has 0 spiro atoms. The van der Waals surface area contributed by atoms with Crippen LogP contribution in [0.25, 0.3) is 0 Å². The zero-order valence-electron chi connectivity index (χ0n) is 10.8. The lowest BCUT2D eigenvalue weighted by Crippen LogP contribution is -2.20. The molecule has 0 unspecified atom stereocenters. The molecule has 0 heterocycles. The third kappa shape index (κ3) is 17.1. The highest BCUT2D eigenvalue weighted by Crippen LogP contribution is 1.96. The molecule has 0 aromatic carbocycles. The van der Waals surface area contributed by atoms with Gasteiger partial charge >= 0.3 is 5.97 Å². The lowest BCUT2D eigenvalue weighted by Gasteiger charge is -2.12. The minimum Gasteiger partial charge on any atom is -0.461 e. The van der Waals surface area contributed by atoms with Crippen molar-refractivity contribution in [1.82, 2.24) is 4.90 Å². The van der Waals surface area contributed by atoms with Crippen LogP contribution in [0.2, 0.25) is 0 Å². The first-order valence-electron chi connectivity index (χ1n) is 4.69. The number of hydrogen-bond donors (Lipinski definition) is 1. The first-order chi connectivity index (χ1) is 7.86. The van der Waals surface area contributed by atoms with E-state index in [1.807, 2.05) is 0 Å². The topological polar surface area (TPSA) is 72.6 Å². The largest absolute Gasteiger partial charge is 0.461 e. The number of amides is 1. The summed E-state index contributed by atoms with van der Waals surface area (Å²) in [5.41, 5.74) is 4.91. The van der Waals surface area contributed by atoms with E-state index in [4.69, 9.17) is 0 Å². The van der Waals surface area contributed by atoms with Crippen LogP contribution in [0.4, 0.5) is 0 Å². The number of esters is 1. The van der Waals surface area contributed by atoms with Crippen LogP contribution in [0.5, 0.6) is 0 Å². The molecule has 0 saturated heterocycles. The van der Waals surface area contributed by atoms with Gasteiger partial charge in [-0.05, 0) is 13.0 Å². The minimum absolute atomic E-state index is 0.354. The fourth-order valence-corrected chi connectivity index (χ4v) is 0.397. The van der Waals surface area contributed by atoms with Crippen LogP contribution in [0.15, 0.2) is 24.9 Å². The number of nitrogens with two attached hydrogens (primary N) is 1. The number of carbonyl (C=O) groups excluding carboxylic acids is 2. The van der Waals surface area contributed by atoms with Crippen molar-refractivity contribution >= 4 is 23.5 Å². The van der Waals surface area contributed by atoms with Gasteiger partial charge in [0, 0.05) is 20.5 Å². The van der Waals surface area contributed by atoms with Gasteiger partial charge in [-0.1, -0.05) is 13.2 Å². The maximum atomic E-state index is 10.8. The van der Waals surface area contributed by atoms with Gasteiger partial charge in [0.2, 0.25) is 5.91 Å². The molecule has 2 N–H and O–H groups in total. The number of alkyl halides is 1. The number of ether oxygens (including phenoxy) is 1. The molecule has 0 atom stereocenters. The molecule has 5 nitrogen and oxygen atoms in total. The quantitative estimate of drug-likeness (QED) is 0.469. The average molecular weight is 265 g/mol. The van der Waals surface area contributed by atoms with Crippen molar-refractivity contribution < 1.29 is 14.3 Å². The fourth-order valence-electron chi connectivity index (χ4n) is 0.397. The van der Waals surface area contributed by atoms with E-state index in [-0.39, 0.29) is 5.97 Å². The van der Waals surface area contributed by atoms with Crippen molar-refractivity contribution in [2.45, 2.75) is 6.92 Å². The lowest BCUT2D eigenvalue weighted by molar-refractivity contribution is -0.140. The lowest BCUT2D eigenvalue weighted by atomic mass is 10.5. The Balaban J connectivity index is -0.000000236. The van der Waals surface area contributed by atoms with Crippen LogP contribution in [0.1, 0.15) is 6.92 Å². The van der Waals surface area contributed by atoms with Crippen LogP contribution in [0.3, 0.4) is 0 Å². The molecule has 6 heteroatoms. The molecular formula is C11H21ClN2O3. The van der Waals surface area contributed by atoms with Gasteiger partial charge in [0.15, 0.2) is 0 Å². The van der Waals surface area contributed by atoms with Gasteiger partial charge in [-0.15, -0.1) is 11.6 Å². The zero-order valence-corrected chi connectivity index (χ0v) is 11.6. The Labute approximate surface area is 108 Å².